The Kier molecular flexibility index (Phi) is 6.57. The smallest absolute Gasteiger partial charge is 0.00104 e. The summed E-state index contributed by atoms with van der Waals surface area (Å²) in [6, 6.07) is 0.986. The van der Waals surface area contributed by atoms with Crippen LogP contribution in [0.15, 0.2) is 0 Å². The van der Waals surface area contributed by atoms with E-state index in [0.29, 0.717) is 12.1 Å². The highest BCUT2D eigenvalue weighted by Gasteiger charge is 1.94. The van der Waals surface area contributed by atoms with Crippen LogP contribution in [-0.4, -0.2) is 18.6 Å². The zero-order chi connectivity index (χ0) is 8.69. The molecule has 0 aromatic rings. The SMILES string of the molecule is CC(N)CCCCNC(C)C. The monoisotopic (exact) mass is 158 g/mol. The van der Waals surface area contributed by atoms with E-state index >= 15 is 0 Å². The van der Waals surface area contributed by atoms with Crippen LogP contribution >= 0.6 is 0 Å². The lowest BCUT2D eigenvalue weighted by atomic mass is 10.1. The topological polar surface area (TPSA) is 38.0 Å². The Balaban J connectivity index is 2.91. The Hall–Kier alpha value is -0.0800. The van der Waals surface area contributed by atoms with E-state index in [0.717, 1.165) is 13.0 Å². The highest BCUT2D eigenvalue weighted by molar-refractivity contribution is 4.56. The Labute approximate surface area is 70.5 Å². The third-order valence-electron chi connectivity index (χ3n) is 1.64. The molecule has 2 heteroatoms. The molecular formula is C9H22N2. The molecule has 68 valence electrons. The molecule has 0 saturated heterocycles. The molecule has 0 bridgehead atoms. The molecule has 0 aliphatic carbocycles. The molecule has 0 saturated carbocycles. The van der Waals surface area contributed by atoms with Gasteiger partial charge in [-0.1, -0.05) is 20.3 Å². The Bertz CT molecular complexity index is 69.6. The lowest BCUT2D eigenvalue weighted by molar-refractivity contribution is 0.530. The summed E-state index contributed by atoms with van der Waals surface area (Å²) in [6.45, 7) is 7.54. The van der Waals surface area contributed by atoms with Gasteiger partial charge in [0.25, 0.3) is 0 Å². The van der Waals surface area contributed by atoms with E-state index in [1.54, 1.807) is 0 Å². The minimum atomic E-state index is 0.369. The zero-order valence-electron chi connectivity index (χ0n) is 8.06. The van der Waals surface area contributed by atoms with Crippen LogP contribution in [0, 0.1) is 0 Å². The molecule has 0 rings (SSSR count). The molecule has 2 nitrogen and oxygen atoms in total. The quantitative estimate of drug-likeness (QED) is 0.575. The maximum Gasteiger partial charge on any atom is 0.00104 e. The van der Waals surface area contributed by atoms with Gasteiger partial charge >= 0.3 is 0 Å². The van der Waals surface area contributed by atoms with Crippen molar-refractivity contribution >= 4 is 0 Å². The predicted molar refractivity (Wildman–Crippen MR) is 50.6 cm³/mol. The van der Waals surface area contributed by atoms with Gasteiger partial charge in [0, 0.05) is 12.1 Å². The van der Waals surface area contributed by atoms with Gasteiger partial charge in [0.2, 0.25) is 0 Å². The normalized spacial score (nSPS) is 13.9. The lowest BCUT2D eigenvalue weighted by Crippen LogP contribution is -2.24. The molecule has 0 heterocycles. The first-order valence-electron chi connectivity index (χ1n) is 4.62. The van der Waals surface area contributed by atoms with E-state index in [1.807, 2.05) is 0 Å². The summed E-state index contributed by atoms with van der Waals surface area (Å²) in [5.74, 6) is 0. The molecule has 1 unspecified atom stereocenters. The first kappa shape index (κ1) is 10.9. The van der Waals surface area contributed by atoms with Crippen molar-refractivity contribution in [2.24, 2.45) is 5.73 Å². The van der Waals surface area contributed by atoms with E-state index < -0.39 is 0 Å². The third-order valence-corrected chi connectivity index (χ3v) is 1.64. The van der Waals surface area contributed by atoms with E-state index in [-0.39, 0.29) is 0 Å². The van der Waals surface area contributed by atoms with Gasteiger partial charge in [-0.3, -0.25) is 0 Å². The number of hydrogen-bond donors (Lipinski definition) is 2. The van der Waals surface area contributed by atoms with Gasteiger partial charge in [-0.05, 0) is 26.3 Å². The fraction of sp³-hybridized carbons (Fsp3) is 1.00. The minimum absolute atomic E-state index is 0.369. The van der Waals surface area contributed by atoms with E-state index in [1.165, 1.54) is 12.8 Å². The molecule has 11 heavy (non-hydrogen) atoms. The van der Waals surface area contributed by atoms with Gasteiger partial charge in [0.1, 0.15) is 0 Å². The number of hydrogen-bond acceptors (Lipinski definition) is 2. The van der Waals surface area contributed by atoms with Gasteiger partial charge in [0.05, 0.1) is 0 Å². The molecule has 0 aliphatic heterocycles. The molecule has 0 aliphatic rings. The number of rotatable bonds is 6. The van der Waals surface area contributed by atoms with Gasteiger partial charge in [-0.15, -0.1) is 0 Å². The highest BCUT2D eigenvalue weighted by atomic mass is 14.9. The molecule has 3 N–H and O–H groups in total. The van der Waals surface area contributed by atoms with E-state index in [4.69, 9.17) is 5.73 Å². The summed E-state index contributed by atoms with van der Waals surface area (Å²) in [5, 5.41) is 3.38. The number of nitrogens with one attached hydrogen (secondary N) is 1. The van der Waals surface area contributed by atoms with Crippen molar-refractivity contribution in [1.82, 2.24) is 5.32 Å². The second-order valence-corrected chi connectivity index (χ2v) is 3.58. The maximum absolute atomic E-state index is 5.61. The fourth-order valence-electron chi connectivity index (χ4n) is 0.982. The zero-order valence-corrected chi connectivity index (χ0v) is 8.06. The van der Waals surface area contributed by atoms with Crippen molar-refractivity contribution in [3.05, 3.63) is 0 Å². The second-order valence-electron chi connectivity index (χ2n) is 3.58. The van der Waals surface area contributed by atoms with E-state index in [2.05, 4.69) is 26.1 Å². The maximum atomic E-state index is 5.61. The predicted octanol–water partition coefficient (Wildman–Crippen LogP) is 1.50. The molecule has 0 fully saturated rings. The summed E-state index contributed by atoms with van der Waals surface area (Å²) in [7, 11) is 0. The van der Waals surface area contributed by atoms with Crippen LogP contribution in [0.3, 0.4) is 0 Å². The summed E-state index contributed by atoms with van der Waals surface area (Å²) in [6.07, 6.45) is 3.65. The molecule has 1 atom stereocenters. The van der Waals surface area contributed by atoms with Crippen LogP contribution in [0.4, 0.5) is 0 Å². The molecule has 0 radical (unpaired) electrons. The van der Waals surface area contributed by atoms with Crippen molar-refractivity contribution in [3.8, 4) is 0 Å². The molecular weight excluding hydrogens is 136 g/mol. The number of nitrogens with two attached hydrogens (primary N) is 1. The fourth-order valence-corrected chi connectivity index (χ4v) is 0.982. The average Bonchev–Trinajstić information content (AvgIpc) is 1.85. The van der Waals surface area contributed by atoms with Crippen LogP contribution in [0.5, 0.6) is 0 Å². The molecule has 0 aromatic heterocycles. The summed E-state index contributed by atoms with van der Waals surface area (Å²) < 4.78 is 0. The second kappa shape index (κ2) is 6.62. The largest absolute Gasteiger partial charge is 0.328 e. The first-order valence-corrected chi connectivity index (χ1v) is 4.62. The Morgan fingerprint density at radius 3 is 2.27 bits per heavy atom. The van der Waals surface area contributed by atoms with Crippen molar-refractivity contribution in [3.63, 3.8) is 0 Å². The van der Waals surface area contributed by atoms with Crippen molar-refractivity contribution in [2.45, 2.75) is 52.1 Å². The molecule has 0 amide bonds. The van der Waals surface area contributed by atoms with Crippen LogP contribution in [0.1, 0.15) is 40.0 Å². The lowest BCUT2D eigenvalue weighted by Gasteiger charge is -2.08. The summed E-state index contributed by atoms with van der Waals surface area (Å²) >= 11 is 0. The van der Waals surface area contributed by atoms with Crippen molar-refractivity contribution in [1.29, 1.82) is 0 Å². The highest BCUT2D eigenvalue weighted by Crippen LogP contribution is 1.96. The molecule has 0 spiro atoms. The first-order chi connectivity index (χ1) is 5.13. The summed E-state index contributed by atoms with van der Waals surface area (Å²) in [4.78, 5) is 0. The van der Waals surface area contributed by atoms with Crippen LogP contribution in [0.2, 0.25) is 0 Å². The van der Waals surface area contributed by atoms with Gasteiger partial charge < -0.3 is 11.1 Å². The Morgan fingerprint density at radius 1 is 1.18 bits per heavy atom. The van der Waals surface area contributed by atoms with Crippen LogP contribution < -0.4 is 11.1 Å². The van der Waals surface area contributed by atoms with Crippen molar-refractivity contribution in [2.75, 3.05) is 6.54 Å². The third kappa shape index (κ3) is 9.92. The van der Waals surface area contributed by atoms with Gasteiger partial charge in [0.15, 0.2) is 0 Å². The van der Waals surface area contributed by atoms with Crippen molar-refractivity contribution < 1.29 is 0 Å². The minimum Gasteiger partial charge on any atom is -0.328 e. The van der Waals surface area contributed by atoms with Crippen LogP contribution in [-0.2, 0) is 0 Å². The standard InChI is InChI=1S/C9H22N2/c1-8(2)11-7-5-4-6-9(3)10/h8-9,11H,4-7,10H2,1-3H3. The van der Waals surface area contributed by atoms with Gasteiger partial charge in [-0.25, -0.2) is 0 Å². The Morgan fingerprint density at radius 2 is 1.82 bits per heavy atom. The molecule has 0 aromatic carbocycles. The van der Waals surface area contributed by atoms with E-state index in [9.17, 15) is 0 Å². The average molecular weight is 158 g/mol. The summed E-state index contributed by atoms with van der Waals surface area (Å²) in [5.41, 5.74) is 5.61. The van der Waals surface area contributed by atoms with Gasteiger partial charge in [-0.2, -0.15) is 0 Å². The van der Waals surface area contributed by atoms with Crippen LogP contribution in [0.25, 0.3) is 0 Å². The number of unbranched alkanes of at least 4 members (excludes halogenated alkanes) is 1.